The Bertz CT molecular complexity index is 603. The molecule has 0 aliphatic heterocycles. The molecule has 2 aromatic rings. The van der Waals surface area contributed by atoms with E-state index in [1.54, 1.807) is 6.07 Å². The molecule has 17 heavy (non-hydrogen) atoms. The molecule has 2 heterocycles. The van der Waals surface area contributed by atoms with Crippen molar-refractivity contribution < 1.29 is 0 Å². The van der Waals surface area contributed by atoms with Crippen LogP contribution in [0, 0.1) is 5.92 Å². The summed E-state index contributed by atoms with van der Waals surface area (Å²) in [7, 11) is 0. The third kappa shape index (κ3) is 2.55. The predicted octanol–water partition coefficient (Wildman–Crippen LogP) is 1.77. The number of H-pyrrole nitrogens is 1. The lowest BCUT2D eigenvalue weighted by Gasteiger charge is -2.00. The zero-order chi connectivity index (χ0) is 12.3. The van der Waals surface area contributed by atoms with E-state index in [2.05, 4.69) is 34.0 Å². The Kier molecular flexibility index (Phi) is 3.27. The second kappa shape index (κ2) is 4.86. The number of aromatic amines is 1. The van der Waals surface area contributed by atoms with Gasteiger partial charge in [0, 0.05) is 0 Å². The van der Waals surface area contributed by atoms with Crippen molar-refractivity contribution in [3.05, 3.63) is 34.5 Å². The number of aromatic nitrogens is 4. The molecule has 0 fully saturated rings. The Balaban J connectivity index is 2.44. The fourth-order valence-corrected chi connectivity index (χ4v) is 1.38. The van der Waals surface area contributed by atoms with Gasteiger partial charge < -0.3 is 4.98 Å². The van der Waals surface area contributed by atoms with Crippen LogP contribution in [0.1, 0.15) is 26.1 Å². The van der Waals surface area contributed by atoms with Gasteiger partial charge in [0.05, 0.1) is 11.6 Å². The summed E-state index contributed by atoms with van der Waals surface area (Å²) < 4.78 is 0. The molecule has 0 aromatic carbocycles. The number of nitrogens with zero attached hydrogens (tertiary/aromatic N) is 3. The summed E-state index contributed by atoms with van der Waals surface area (Å²) in [6.07, 6.45) is 6.35. The maximum Gasteiger partial charge on any atom is 0.260 e. The number of hydrogen-bond donors (Lipinski definition) is 1. The summed E-state index contributed by atoms with van der Waals surface area (Å²) in [6.45, 7) is 4.21. The van der Waals surface area contributed by atoms with Gasteiger partial charge >= 0.3 is 0 Å². The predicted molar refractivity (Wildman–Crippen MR) is 66.4 cm³/mol. The van der Waals surface area contributed by atoms with Gasteiger partial charge in [0.2, 0.25) is 0 Å². The number of hydrogen-bond acceptors (Lipinski definition) is 4. The molecule has 0 saturated carbocycles. The molecule has 1 unspecified atom stereocenters. The van der Waals surface area contributed by atoms with E-state index in [9.17, 15) is 4.79 Å². The van der Waals surface area contributed by atoms with Crippen molar-refractivity contribution in [2.75, 3.05) is 0 Å². The molecule has 5 heteroatoms. The monoisotopic (exact) mass is 230 g/mol. The van der Waals surface area contributed by atoms with E-state index >= 15 is 0 Å². The molecule has 0 aliphatic rings. The summed E-state index contributed by atoms with van der Waals surface area (Å²) in [4.78, 5) is 18.7. The molecule has 2 aromatic heterocycles. The summed E-state index contributed by atoms with van der Waals surface area (Å²) in [5.74, 6) is 0.973. The van der Waals surface area contributed by atoms with Crippen LogP contribution >= 0.6 is 0 Å². The molecule has 0 radical (unpaired) electrons. The molecule has 88 valence electrons. The van der Waals surface area contributed by atoms with E-state index in [1.165, 1.54) is 6.20 Å². The van der Waals surface area contributed by atoms with Gasteiger partial charge in [-0.15, -0.1) is 5.10 Å². The Morgan fingerprint density at radius 2 is 2.35 bits per heavy atom. The van der Waals surface area contributed by atoms with E-state index in [1.807, 2.05) is 12.2 Å². The van der Waals surface area contributed by atoms with Crippen molar-refractivity contribution in [1.82, 2.24) is 20.2 Å². The molecule has 0 saturated heterocycles. The van der Waals surface area contributed by atoms with Gasteiger partial charge in [-0.25, -0.2) is 4.98 Å². The largest absolute Gasteiger partial charge is 0.306 e. The van der Waals surface area contributed by atoms with Gasteiger partial charge in [-0.3, -0.25) is 4.79 Å². The average Bonchev–Trinajstić information content (AvgIpc) is 2.36. The van der Waals surface area contributed by atoms with Crippen LogP contribution in [0.15, 0.2) is 23.1 Å². The van der Waals surface area contributed by atoms with Crippen molar-refractivity contribution in [2.24, 2.45) is 5.92 Å². The molecule has 0 bridgehead atoms. The van der Waals surface area contributed by atoms with E-state index in [4.69, 9.17) is 0 Å². The zero-order valence-corrected chi connectivity index (χ0v) is 9.84. The van der Waals surface area contributed by atoms with Crippen molar-refractivity contribution in [2.45, 2.75) is 20.3 Å². The lowest BCUT2D eigenvalue weighted by atomic mass is 10.1. The van der Waals surface area contributed by atoms with E-state index in [0.29, 0.717) is 22.8 Å². The first kappa shape index (κ1) is 11.4. The van der Waals surface area contributed by atoms with Crippen molar-refractivity contribution >= 4 is 17.1 Å². The van der Waals surface area contributed by atoms with Gasteiger partial charge in [-0.2, -0.15) is 5.10 Å². The molecule has 2 rings (SSSR count). The Hall–Kier alpha value is -2.04. The summed E-state index contributed by atoms with van der Waals surface area (Å²) in [5, 5.41) is 8.01. The highest BCUT2D eigenvalue weighted by Gasteiger charge is 2.02. The van der Waals surface area contributed by atoms with Crippen LogP contribution in [0.3, 0.4) is 0 Å². The van der Waals surface area contributed by atoms with Crippen LogP contribution in [0.25, 0.3) is 17.1 Å². The Labute approximate surface area is 98.6 Å². The van der Waals surface area contributed by atoms with Crippen molar-refractivity contribution in [1.29, 1.82) is 0 Å². The van der Waals surface area contributed by atoms with Crippen LogP contribution < -0.4 is 5.56 Å². The fraction of sp³-hybridized carbons (Fsp3) is 0.333. The van der Waals surface area contributed by atoms with Gasteiger partial charge in [-0.1, -0.05) is 26.3 Å². The first-order valence-electron chi connectivity index (χ1n) is 5.60. The van der Waals surface area contributed by atoms with Crippen molar-refractivity contribution in [3.63, 3.8) is 0 Å². The van der Waals surface area contributed by atoms with Crippen LogP contribution in [-0.2, 0) is 0 Å². The second-order valence-corrected chi connectivity index (χ2v) is 3.96. The molecule has 0 amide bonds. The molecule has 0 aliphatic carbocycles. The highest BCUT2D eigenvalue weighted by molar-refractivity contribution is 5.72. The number of rotatable bonds is 3. The number of fused-ring (bicyclic) bond motifs is 1. The SMILES string of the molecule is CCC(C)/C=C/c1nc2nnccc2c(=O)[nH]1. The Morgan fingerprint density at radius 3 is 3.12 bits per heavy atom. The van der Waals surface area contributed by atoms with Crippen LogP contribution in [0.4, 0.5) is 0 Å². The minimum atomic E-state index is -0.186. The maximum atomic E-state index is 11.7. The third-order valence-corrected chi connectivity index (χ3v) is 2.64. The zero-order valence-electron chi connectivity index (χ0n) is 9.84. The summed E-state index contributed by atoms with van der Waals surface area (Å²) in [6, 6.07) is 1.61. The lowest BCUT2D eigenvalue weighted by Crippen LogP contribution is -2.10. The molecular weight excluding hydrogens is 216 g/mol. The number of nitrogens with one attached hydrogen (secondary N) is 1. The molecule has 0 spiro atoms. The highest BCUT2D eigenvalue weighted by atomic mass is 16.1. The van der Waals surface area contributed by atoms with Crippen molar-refractivity contribution in [3.8, 4) is 0 Å². The maximum absolute atomic E-state index is 11.7. The van der Waals surface area contributed by atoms with E-state index in [0.717, 1.165) is 6.42 Å². The quantitative estimate of drug-likeness (QED) is 0.872. The second-order valence-electron chi connectivity index (χ2n) is 3.96. The van der Waals surface area contributed by atoms with Gasteiger partial charge in [0.1, 0.15) is 5.82 Å². The summed E-state index contributed by atoms with van der Waals surface area (Å²) >= 11 is 0. The molecule has 1 atom stereocenters. The van der Waals surface area contributed by atoms with E-state index in [-0.39, 0.29) is 5.56 Å². The number of allylic oxidation sites excluding steroid dienone is 1. The van der Waals surface area contributed by atoms with Gasteiger partial charge in [-0.05, 0) is 18.1 Å². The normalized spacial score (nSPS) is 13.3. The summed E-state index contributed by atoms with van der Waals surface area (Å²) in [5.41, 5.74) is 0.189. The van der Waals surface area contributed by atoms with Crippen LogP contribution in [-0.4, -0.2) is 20.2 Å². The highest BCUT2D eigenvalue weighted by Crippen LogP contribution is 2.06. The van der Waals surface area contributed by atoms with Gasteiger partial charge in [0.25, 0.3) is 5.56 Å². The molecule has 1 N–H and O–H groups in total. The van der Waals surface area contributed by atoms with E-state index < -0.39 is 0 Å². The topological polar surface area (TPSA) is 71.5 Å². The lowest BCUT2D eigenvalue weighted by molar-refractivity contribution is 0.701. The first-order valence-corrected chi connectivity index (χ1v) is 5.60. The third-order valence-electron chi connectivity index (χ3n) is 2.64. The van der Waals surface area contributed by atoms with Gasteiger partial charge in [0.15, 0.2) is 5.65 Å². The smallest absolute Gasteiger partial charge is 0.260 e. The van der Waals surface area contributed by atoms with Crippen LogP contribution in [0.2, 0.25) is 0 Å². The molecular formula is C12H14N4O. The Morgan fingerprint density at radius 1 is 1.53 bits per heavy atom. The minimum Gasteiger partial charge on any atom is -0.306 e. The van der Waals surface area contributed by atoms with Crippen LogP contribution in [0.5, 0.6) is 0 Å². The fourth-order valence-electron chi connectivity index (χ4n) is 1.38. The standard InChI is InChI=1S/C12H14N4O/c1-3-8(2)4-5-10-14-11-9(12(17)15-10)6-7-13-16-11/h4-8H,3H2,1-2H3,(H,14,15,16,17)/b5-4+. The minimum absolute atomic E-state index is 0.186. The first-order chi connectivity index (χ1) is 8.20. The average molecular weight is 230 g/mol. The molecule has 5 nitrogen and oxygen atoms in total.